The Morgan fingerprint density at radius 2 is 2.12 bits per heavy atom. The molecular weight excluding hydrogens is 366 g/mol. The maximum Gasteiger partial charge on any atom is 0.271 e. The maximum absolute atomic E-state index is 12.2. The molecule has 0 fully saturated rings. The first kappa shape index (κ1) is 17.2. The van der Waals surface area contributed by atoms with Gasteiger partial charge in [-0.05, 0) is 24.3 Å². The lowest BCUT2D eigenvalue weighted by Gasteiger charge is -2.23. The van der Waals surface area contributed by atoms with Crippen molar-refractivity contribution < 1.29 is 14.5 Å². The largest absolute Gasteiger partial charge is 0.326 e. The zero-order chi connectivity index (χ0) is 18.0. The topological polar surface area (TPSA) is 101 Å². The van der Waals surface area contributed by atoms with Crippen LogP contribution in [0.5, 0.6) is 0 Å². The lowest BCUT2D eigenvalue weighted by molar-refractivity contribution is -0.384. The van der Waals surface area contributed by atoms with Crippen molar-refractivity contribution in [2.24, 2.45) is 0 Å². The van der Waals surface area contributed by atoms with E-state index in [2.05, 4.69) is 10.6 Å². The van der Waals surface area contributed by atoms with Crippen molar-refractivity contribution in [3.63, 3.8) is 0 Å². The fourth-order valence-corrected chi connectivity index (χ4v) is 3.60. The first-order chi connectivity index (χ1) is 11.9. The molecule has 0 saturated carbocycles. The molecule has 2 aromatic carbocycles. The molecule has 1 heterocycles. The minimum Gasteiger partial charge on any atom is -0.326 e. The normalized spacial score (nSPS) is 15.9. The maximum atomic E-state index is 12.2. The van der Waals surface area contributed by atoms with Crippen LogP contribution in [0.15, 0.2) is 47.4 Å². The number of halogens is 1. The van der Waals surface area contributed by atoms with Gasteiger partial charge in [0.25, 0.3) is 5.69 Å². The van der Waals surface area contributed by atoms with Crippen LogP contribution in [0.1, 0.15) is 6.42 Å². The molecule has 3 rings (SSSR count). The molecule has 0 bridgehead atoms. The van der Waals surface area contributed by atoms with Crippen molar-refractivity contribution in [2.45, 2.75) is 16.6 Å². The molecule has 0 aromatic heterocycles. The van der Waals surface area contributed by atoms with E-state index in [0.717, 1.165) is 4.90 Å². The number of carbonyl (C=O) groups is 2. The van der Waals surface area contributed by atoms with Gasteiger partial charge in [-0.15, -0.1) is 11.8 Å². The Balaban J connectivity index is 1.67. The number of hydrogen-bond acceptors (Lipinski definition) is 5. The Bertz CT molecular complexity index is 874. The van der Waals surface area contributed by atoms with Crippen LogP contribution in [0.3, 0.4) is 0 Å². The Morgan fingerprint density at radius 3 is 2.88 bits per heavy atom. The summed E-state index contributed by atoms with van der Waals surface area (Å²) in [5.41, 5.74) is 0.818. The van der Waals surface area contributed by atoms with Gasteiger partial charge in [0.05, 0.1) is 15.9 Å². The summed E-state index contributed by atoms with van der Waals surface area (Å²) in [5, 5.41) is 16.0. The fourth-order valence-electron chi connectivity index (χ4n) is 2.33. The van der Waals surface area contributed by atoms with Crippen LogP contribution in [-0.4, -0.2) is 22.0 Å². The van der Waals surface area contributed by atoms with E-state index in [-0.39, 0.29) is 18.0 Å². The summed E-state index contributed by atoms with van der Waals surface area (Å²) in [7, 11) is 0. The SMILES string of the molecule is O=C(CC1Sc2ccc(Cl)cc2NC1=O)Nc1cccc([N+](=O)[O-])c1. The third-order valence-corrected chi connectivity index (χ3v) is 4.98. The van der Waals surface area contributed by atoms with Gasteiger partial charge in [0, 0.05) is 34.2 Å². The number of nitrogens with zero attached hydrogens (tertiary/aromatic N) is 1. The second-order valence-corrected chi connectivity index (χ2v) is 6.98. The molecule has 1 aliphatic heterocycles. The standard InChI is InChI=1S/C16H12ClN3O4S/c17-9-4-5-13-12(6-9)19-16(22)14(25-13)8-15(21)18-10-2-1-3-11(7-10)20(23)24/h1-7,14H,8H2,(H,18,21)(H,19,22). The van der Waals surface area contributed by atoms with Crippen LogP contribution in [0, 0.1) is 10.1 Å². The van der Waals surface area contributed by atoms with E-state index < -0.39 is 16.1 Å². The number of nitro groups is 1. The number of benzene rings is 2. The molecule has 1 unspecified atom stereocenters. The van der Waals surface area contributed by atoms with Gasteiger partial charge in [-0.2, -0.15) is 0 Å². The highest BCUT2D eigenvalue weighted by molar-refractivity contribution is 8.01. The molecule has 2 N–H and O–H groups in total. The van der Waals surface area contributed by atoms with Gasteiger partial charge < -0.3 is 10.6 Å². The smallest absolute Gasteiger partial charge is 0.271 e. The monoisotopic (exact) mass is 377 g/mol. The Kier molecular flexibility index (Phi) is 4.91. The van der Waals surface area contributed by atoms with Crippen molar-refractivity contribution in [2.75, 3.05) is 10.6 Å². The molecular formula is C16H12ClN3O4S. The third kappa shape index (κ3) is 4.09. The number of thioether (sulfide) groups is 1. The average Bonchev–Trinajstić information content (AvgIpc) is 2.56. The van der Waals surface area contributed by atoms with Gasteiger partial charge in [-0.25, -0.2) is 0 Å². The number of nitro benzene ring substituents is 1. The molecule has 1 atom stereocenters. The summed E-state index contributed by atoms with van der Waals surface area (Å²) in [6.45, 7) is 0. The highest BCUT2D eigenvalue weighted by atomic mass is 35.5. The minimum absolute atomic E-state index is 0.0543. The van der Waals surface area contributed by atoms with E-state index in [1.807, 2.05) is 0 Å². The van der Waals surface area contributed by atoms with Crippen molar-refractivity contribution in [3.05, 3.63) is 57.6 Å². The number of non-ortho nitro benzene ring substituents is 1. The number of nitrogens with one attached hydrogen (secondary N) is 2. The van der Waals surface area contributed by atoms with Crippen LogP contribution in [0.2, 0.25) is 5.02 Å². The van der Waals surface area contributed by atoms with Gasteiger partial charge >= 0.3 is 0 Å². The second kappa shape index (κ2) is 7.12. The highest BCUT2D eigenvalue weighted by Crippen LogP contribution is 2.38. The third-order valence-electron chi connectivity index (χ3n) is 3.47. The molecule has 7 nitrogen and oxygen atoms in total. The average molecular weight is 378 g/mol. The molecule has 9 heteroatoms. The highest BCUT2D eigenvalue weighted by Gasteiger charge is 2.29. The zero-order valence-corrected chi connectivity index (χ0v) is 14.3. The van der Waals surface area contributed by atoms with E-state index in [1.165, 1.54) is 30.0 Å². The van der Waals surface area contributed by atoms with Crippen molar-refractivity contribution >= 4 is 52.2 Å². The number of amides is 2. The fraction of sp³-hybridized carbons (Fsp3) is 0.125. The molecule has 0 aliphatic carbocycles. The molecule has 2 amide bonds. The number of fused-ring (bicyclic) bond motifs is 1. The van der Waals surface area contributed by atoms with Gasteiger partial charge in [0.1, 0.15) is 0 Å². The summed E-state index contributed by atoms with van der Waals surface area (Å²) < 4.78 is 0. The van der Waals surface area contributed by atoms with E-state index in [4.69, 9.17) is 11.6 Å². The molecule has 2 aromatic rings. The summed E-state index contributed by atoms with van der Waals surface area (Å²) in [6.07, 6.45) is -0.0543. The number of rotatable bonds is 4. The number of hydrogen-bond donors (Lipinski definition) is 2. The molecule has 0 saturated heterocycles. The van der Waals surface area contributed by atoms with Crippen molar-refractivity contribution in [1.29, 1.82) is 0 Å². The van der Waals surface area contributed by atoms with Gasteiger partial charge in [-0.3, -0.25) is 19.7 Å². The van der Waals surface area contributed by atoms with Gasteiger partial charge in [-0.1, -0.05) is 17.7 Å². The van der Waals surface area contributed by atoms with Crippen LogP contribution in [0.25, 0.3) is 0 Å². The molecule has 1 aliphatic rings. The second-order valence-electron chi connectivity index (χ2n) is 5.30. The minimum atomic E-state index is -0.590. The number of anilines is 2. The summed E-state index contributed by atoms with van der Waals surface area (Å²) >= 11 is 7.18. The molecule has 25 heavy (non-hydrogen) atoms. The van der Waals surface area contributed by atoms with Crippen LogP contribution in [-0.2, 0) is 9.59 Å². The summed E-state index contributed by atoms with van der Waals surface area (Å²) in [5.74, 6) is -0.681. The van der Waals surface area contributed by atoms with E-state index in [9.17, 15) is 19.7 Å². The Hall–Kier alpha value is -2.58. The predicted molar refractivity (Wildman–Crippen MR) is 96.1 cm³/mol. The lowest BCUT2D eigenvalue weighted by atomic mass is 10.2. The van der Waals surface area contributed by atoms with Crippen molar-refractivity contribution in [3.8, 4) is 0 Å². The number of carbonyl (C=O) groups excluding carboxylic acids is 2. The van der Waals surface area contributed by atoms with E-state index in [0.29, 0.717) is 16.4 Å². The Morgan fingerprint density at radius 1 is 1.32 bits per heavy atom. The summed E-state index contributed by atoms with van der Waals surface area (Å²) in [4.78, 5) is 35.4. The molecule has 0 spiro atoms. The molecule has 0 radical (unpaired) electrons. The van der Waals surface area contributed by atoms with Gasteiger partial charge in [0.2, 0.25) is 11.8 Å². The van der Waals surface area contributed by atoms with Crippen LogP contribution < -0.4 is 10.6 Å². The zero-order valence-electron chi connectivity index (χ0n) is 12.7. The first-order valence-electron chi connectivity index (χ1n) is 7.24. The quantitative estimate of drug-likeness (QED) is 0.625. The van der Waals surface area contributed by atoms with Crippen molar-refractivity contribution in [1.82, 2.24) is 0 Å². The molecule has 128 valence electrons. The summed E-state index contributed by atoms with van der Waals surface area (Å²) in [6, 6.07) is 10.8. The van der Waals surface area contributed by atoms with E-state index in [1.54, 1.807) is 24.3 Å². The van der Waals surface area contributed by atoms with Gasteiger partial charge in [0.15, 0.2) is 0 Å². The van der Waals surface area contributed by atoms with E-state index >= 15 is 0 Å². The first-order valence-corrected chi connectivity index (χ1v) is 8.49. The Labute approximate surface area is 151 Å². The lowest BCUT2D eigenvalue weighted by Crippen LogP contribution is -2.32. The van der Waals surface area contributed by atoms with Crippen LogP contribution in [0.4, 0.5) is 17.1 Å². The predicted octanol–water partition coefficient (Wildman–Crippen LogP) is 3.69. The van der Waals surface area contributed by atoms with Crippen LogP contribution >= 0.6 is 23.4 Å².